The largest absolute Gasteiger partial charge is 0.315 e. The lowest BCUT2D eigenvalue weighted by molar-refractivity contribution is 0.283. The van der Waals surface area contributed by atoms with Crippen molar-refractivity contribution in [1.82, 2.24) is 10.2 Å². The van der Waals surface area contributed by atoms with E-state index < -0.39 is 0 Å². The molecule has 0 atom stereocenters. The van der Waals surface area contributed by atoms with Crippen molar-refractivity contribution >= 4 is 11.8 Å². The van der Waals surface area contributed by atoms with Gasteiger partial charge in [0.25, 0.3) is 0 Å². The molecule has 0 saturated carbocycles. The second kappa shape index (κ2) is 7.57. The third-order valence-corrected chi connectivity index (χ3v) is 4.61. The van der Waals surface area contributed by atoms with E-state index in [-0.39, 0.29) is 0 Å². The minimum Gasteiger partial charge on any atom is -0.315 e. The minimum absolute atomic E-state index is 0.490. The highest BCUT2D eigenvalue weighted by Gasteiger charge is 2.23. The van der Waals surface area contributed by atoms with Crippen LogP contribution in [0.1, 0.15) is 40.0 Å². The molecule has 1 N–H and O–H groups in total. The van der Waals surface area contributed by atoms with E-state index in [4.69, 9.17) is 0 Å². The van der Waals surface area contributed by atoms with Gasteiger partial charge in [-0.15, -0.1) is 0 Å². The van der Waals surface area contributed by atoms with Crippen molar-refractivity contribution in [3.05, 3.63) is 0 Å². The Morgan fingerprint density at radius 1 is 1.25 bits per heavy atom. The monoisotopic (exact) mass is 244 g/mol. The van der Waals surface area contributed by atoms with Gasteiger partial charge >= 0.3 is 0 Å². The summed E-state index contributed by atoms with van der Waals surface area (Å²) in [5.74, 6) is 1.29. The number of thioether (sulfide) groups is 1. The van der Waals surface area contributed by atoms with E-state index in [0.717, 1.165) is 6.54 Å². The molecule has 1 aliphatic rings. The van der Waals surface area contributed by atoms with Crippen LogP contribution in [0.4, 0.5) is 0 Å². The summed E-state index contributed by atoms with van der Waals surface area (Å²) in [5.41, 5.74) is 0. The maximum Gasteiger partial charge on any atom is 0.0116 e. The van der Waals surface area contributed by atoms with Crippen molar-refractivity contribution in [1.29, 1.82) is 0 Å². The second-order valence-corrected chi connectivity index (χ2v) is 7.11. The van der Waals surface area contributed by atoms with E-state index in [0.29, 0.717) is 4.75 Å². The first-order valence-corrected chi connectivity index (χ1v) is 7.69. The zero-order valence-corrected chi connectivity index (χ0v) is 12.0. The van der Waals surface area contributed by atoms with Crippen molar-refractivity contribution in [2.75, 3.05) is 38.5 Å². The molecule has 0 unspecified atom stereocenters. The van der Waals surface area contributed by atoms with E-state index >= 15 is 0 Å². The van der Waals surface area contributed by atoms with Gasteiger partial charge in [-0.25, -0.2) is 0 Å². The molecule has 0 aromatic rings. The Kier molecular flexibility index (Phi) is 6.78. The summed E-state index contributed by atoms with van der Waals surface area (Å²) >= 11 is 2.13. The molecule has 3 heteroatoms. The molecule has 2 nitrogen and oxygen atoms in total. The summed E-state index contributed by atoms with van der Waals surface area (Å²) in [6.07, 6.45) is 3.93. The van der Waals surface area contributed by atoms with E-state index in [1.165, 1.54) is 51.2 Å². The lowest BCUT2D eigenvalue weighted by atomic mass is 10.1. The van der Waals surface area contributed by atoms with Crippen molar-refractivity contribution in [3.8, 4) is 0 Å². The topological polar surface area (TPSA) is 15.3 Å². The van der Waals surface area contributed by atoms with Crippen LogP contribution in [0.5, 0.6) is 0 Å². The zero-order chi connectivity index (χ0) is 11.9. The molecule has 1 heterocycles. The summed E-state index contributed by atoms with van der Waals surface area (Å²) in [4.78, 5) is 2.61. The van der Waals surface area contributed by atoms with Crippen LogP contribution in [0.3, 0.4) is 0 Å². The first-order chi connectivity index (χ1) is 7.64. The zero-order valence-electron chi connectivity index (χ0n) is 11.2. The fraction of sp³-hybridized carbons (Fsp3) is 1.00. The molecule has 1 saturated heterocycles. The molecule has 0 amide bonds. The molecule has 1 rings (SSSR count). The van der Waals surface area contributed by atoms with Crippen LogP contribution in [0.15, 0.2) is 0 Å². The third kappa shape index (κ3) is 6.12. The van der Waals surface area contributed by atoms with Gasteiger partial charge in [0.05, 0.1) is 0 Å². The van der Waals surface area contributed by atoms with Gasteiger partial charge in [0, 0.05) is 30.1 Å². The van der Waals surface area contributed by atoms with Crippen LogP contribution in [-0.4, -0.2) is 48.1 Å². The maximum atomic E-state index is 3.53. The molecular weight excluding hydrogens is 216 g/mol. The van der Waals surface area contributed by atoms with Crippen LogP contribution in [0.2, 0.25) is 0 Å². The Bertz CT molecular complexity index is 183. The van der Waals surface area contributed by atoms with Gasteiger partial charge in [-0.3, -0.25) is 0 Å². The van der Waals surface area contributed by atoms with Crippen molar-refractivity contribution in [2.24, 2.45) is 0 Å². The molecule has 1 fully saturated rings. The predicted molar refractivity (Wildman–Crippen MR) is 75.4 cm³/mol. The van der Waals surface area contributed by atoms with Crippen LogP contribution in [-0.2, 0) is 0 Å². The van der Waals surface area contributed by atoms with E-state index in [9.17, 15) is 0 Å². The SMILES string of the molecule is CCCCNCCN1CCSC(C)(C)CC1. The summed E-state index contributed by atoms with van der Waals surface area (Å²) in [7, 11) is 0. The highest BCUT2D eigenvalue weighted by Crippen LogP contribution is 2.30. The standard InChI is InChI=1S/C13H28N2S/c1-4-5-7-14-8-10-15-9-6-13(2,3)16-12-11-15/h14H,4-12H2,1-3H3. The maximum absolute atomic E-state index is 3.53. The van der Waals surface area contributed by atoms with Crippen LogP contribution in [0, 0.1) is 0 Å². The molecule has 0 bridgehead atoms. The first-order valence-electron chi connectivity index (χ1n) is 6.71. The summed E-state index contributed by atoms with van der Waals surface area (Å²) in [5, 5.41) is 3.53. The van der Waals surface area contributed by atoms with Gasteiger partial charge < -0.3 is 10.2 Å². The number of rotatable bonds is 6. The number of nitrogens with zero attached hydrogens (tertiary/aromatic N) is 1. The van der Waals surface area contributed by atoms with Crippen LogP contribution >= 0.6 is 11.8 Å². The minimum atomic E-state index is 0.490. The summed E-state index contributed by atoms with van der Waals surface area (Å²) < 4.78 is 0.490. The Hall–Kier alpha value is 0.270. The second-order valence-electron chi connectivity index (χ2n) is 5.30. The Balaban J connectivity index is 2.08. The molecule has 1 aliphatic heterocycles. The van der Waals surface area contributed by atoms with E-state index in [2.05, 4.69) is 42.7 Å². The predicted octanol–water partition coefficient (Wildman–Crippen LogP) is 2.59. The normalized spacial score (nSPS) is 21.9. The van der Waals surface area contributed by atoms with Crippen molar-refractivity contribution in [3.63, 3.8) is 0 Å². The molecule has 16 heavy (non-hydrogen) atoms. The molecule has 0 aromatic carbocycles. The Morgan fingerprint density at radius 2 is 2.06 bits per heavy atom. The molecule has 96 valence electrons. The number of hydrogen-bond donors (Lipinski definition) is 1. The molecule has 0 aromatic heterocycles. The Morgan fingerprint density at radius 3 is 2.81 bits per heavy atom. The molecule has 0 radical (unpaired) electrons. The summed E-state index contributed by atoms with van der Waals surface area (Å²) in [6, 6.07) is 0. The van der Waals surface area contributed by atoms with Gasteiger partial charge in [0.2, 0.25) is 0 Å². The number of hydrogen-bond acceptors (Lipinski definition) is 3. The molecule has 0 spiro atoms. The van der Waals surface area contributed by atoms with Gasteiger partial charge in [-0.1, -0.05) is 27.2 Å². The first kappa shape index (κ1) is 14.3. The van der Waals surface area contributed by atoms with Gasteiger partial charge in [0.15, 0.2) is 0 Å². The Labute approximate surface area is 106 Å². The highest BCUT2D eigenvalue weighted by atomic mass is 32.2. The van der Waals surface area contributed by atoms with Gasteiger partial charge in [-0.2, -0.15) is 11.8 Å². The lowest BCUT2D eigenvalue weighted by Gasteiger charge is -2.22. The quantitative estimate of drug-likeness (QED) is 0.723. The fourth-order valence-electron chi connectivity index (χ4n) is 1.95. The average molecular weight is 244 g/mol. The van der Waals surface area contributed by atoms with Gasteiger partial charge in [-0.05, 0) is 25.9 Å². The van der Waals surface area contributed by atoms with E-state index in [1.54, 1.807) is 0 Å². The number of nitrogens with one attached hydrogen (secondary N) is 1. The molecule has 0 aliphatic carbocycles. The van der Waals surface area contributed by atoms with Crippen molar-refractivity contribution in [2.45, 2.75) is 44.8 Å². The average Bonchev–Trinajstić information content (AvgIpc) is 2.40. The van der Waals surface area contributed by atoms with Crippen LogP contribution < -0.4 is 5.32 Å². The third-order valence-electron chi connectivity index (χ3n) is 3.24. The fourth-order valence-corrected chi connectivity index (χ4v) is 3.09. The van der Waals surface area contributed by atoms with Crippen LogP contribution in [0.25, 0.3) is 0 Å². The van der Waals surface area contributed by atoms with Gasteiger partial charge in [0.1, 0.15) is 0 Å². The summed E-state index contributed by atoms with van der Waals surface area (Å²) in [6.45, 7) is 13.1. The smallest absolute Gasteiger partial charge is 0.0116 e. The number of unbranched alkanes of at least 4 members (excludes halogenated alkanes) is 1. The highest BCUT2D eigenvalue weighted by molar-refractivity contribution is 8.00. The van der Waals surface area contributed by atoms with E-state index in [1.807, 2.05) is 0 Å². The molecular formula is C13H28N2S. The lowest BCUT2D eigenvalue weighted by Crippen LogP contribution is -2.34. The van der Waals surface area contributed by atoms with Crippen molar-refractivity contribution < 1.29 is 0 Å².